The van der Waals surface area contributed by atoms with Crippen molar-refractivity contribution in [3.8, 4) is 10.6 Å². The largest absolute Gasteiger partial charge is 0.478 e. The number of hydrogen-bond donors (Lipinski definition) is 1. The minimum atomic E-state index is -0.894. The molecular weight excluding hydrogens is 284 g/mol. The number of hydrogen-bond acceptors (Lipinski definition) is 3. The van der Waals surface area contributed by atoms with E-state index >= 15 is 0 Å². The maximum atomic E-state index is 11.0. The van der Waals surface area contributed by atoms with Crippen molar-refractivity contribution in [3.63, 3.8) is 0 Å². The molecule has 1 aromatic carbocycles. The molecule has 2 heterocycles. The molecule has 0 saturated heterocycles. The van der Waals surface area contributed by atoms with Gasteiger partial charge in [-0.15, -0.1) is 11.3 Å². The summed E-state index contributed by atoms with van der Waals surface area (Å²) >= 11 is 1.60. The summed E-state index contributed by atoms with van der Waals surface area (Å²) in [6.07, 6.45) is 1.79. The van der Waals surface area contributed by atoms with Crippen molar-refractivity contribution >= 4 is 17.3 Å². The number of nitrogens with zero attached hydrogens (tertiary/aromatic N) is 2. The van der Waals surface area contributed by atoms with Crippen molar-refractivity contribution in [3.05, 3.63) is 64.9 Å². The molecule has 1 N–H and O–H groups in total. The molecule has 106 valence electrons. The summed E-state index contributed by atoms with van der Waals surface area (Å²) < 4.78 is 1.91. The van der Waals surface area contributed by atoms with E-state index in [4.69, 9.17) is 5.11 Å². The zero-order valence-electron chi connectivity index (χ0n) is 11.5. The Morgan fingerprint density at radius 3 is 2.71 bits per heavy atom. The maximum Gasteiger partial charge on any atom is 0.337 e. The lowest BCUT2D eigenvalue weighted by atomic mass is 10.2. The van der Waals surface area contributed by atoms with E-state index in [1.54, 1.807) is 23.6 Å². The number of aromatic nitrogens is 2. The summed E-state index contributed by atoms with van der Waals surface area (Å²) in [7, 11) is 0. The van der Waals surface area contributed by atoms with Crippen molar-refractivity contribution in [2.75, 3.05) is 0 Å². The Labute approximate surface area is 126 Å². The first kappa shape index (κ1) is 13.6. The number of rotatable bonds is 4. The molecule has 2 aromatic heterocycles. The highest BCUT2D eigenvalue weighted by Gasteiger charge is 2.12. The normalized spacial score (nSPS) is 10.7. The van der Waals surface area contributed by atoms with Crippen LogP contribution in [-0.4, -0.2) is 20.6 Å². The standard InChI is InChI=1S/C16H14N2O2S/c1-11-14(16(19)20)7-8-18(11)9-13-10-21-15(17-13)12-5-3-2-4-6-12/h2-8,10H,9H2,1H3,(H,19,20). The minimum Gasteiger partial charge on any atom is -0.478 e. The first-order valence-electron chi connectivity index (χ1n) is 6.54. The van der Waals surface area contributed by atoms with E-state index < -0.39 is 5.97 Å². The average molecular weight is 298 g/mol. The average Bonchev–Trinajstić information content (AvgIpc) is 3.08. The van der Waals surface area contributed by atoms with Gasteiger partial charge in [-0.3, -0.25) is 0 Å². The Morgan fingerprint density at radius 1 is 1.29 bits per heavy atom. The van der Waals surface area contributed by atoms with Crippen LogP contribution in [0.15, 0.2) is 48.0 Å². The van der Waals surface area contributed by atoms with Gasteiger partial charge in [-0.2, -0.15) is 0 Å². The van der Waals surface area contributed by atoms with E-state index in [0.717, 1.165) is 22.0 Å². The van der Waals surface area contributed by atoms with Gasteiger partial charge in [-0.05, 0) is 13.0 Å². The van der Waals surface area contributed by atoms with Crippen molar-refractivity contribution in [1.29, 1.82) is 0 Å². The Morgan fingerprint density at radius 2 is 2.05 bits per heavy atom. The zero-order valence-corrected chi connectivity index (χ0v) is 12.3. The Kier molecular flexibility index (Phi) is 3.58. The van der Waals surface area contributed by atoms with Crippen LogP contribution in [0.4, 0.5) is 0 Å². The maximum absolute atomic E-state index is 11.0. The predicted octanol–water partition coefficient (Wildman–Crippen LogP) is 3.67. The molecule has 4 nitrogen and oxygen atoms in total. The molecule has 3 aromatic rings. The molecule has 0 aliphatic heterocycles. The van der Waals surface area contributed by atoms with Crippen LogP contribution in [-0.2, 0) is 6.54 Å². The van der Waals surface area contributed by atoms with Gasteiger partial charge in [0.1, 0.15) is 5.01 Å². The summed E-state index contributed by atoms with van der Waals surface area (Å²) in [5.74, 6) is -0.894. The molecule has 0 aliphatic carbocycles. The van der Waals surface area contributed by atoms with Gasteiger partial charge < -0.3 is 9.67 Å². The monoisotopic (exact) mass is 298 g/mol. The molecule has 3 rings (SSSR count). The molecule has 0 unspecified atom stereocenters. The van der Waals surface area contributed by atoms with Crippen LogP contribution >= 0.6 is 11.3 Å². The van der Waals surface area contributed by atoms with Gasteiger partial charge in [0.15, 0.2) is 0 Å². The van der Waals surface area contributed by atoms with E-state index in [1.807, 2.05) is 47.2 Å². The van der Waals surface area contributed by atoms with Crippen LogP contribution in [0.25, 0.3) is 10.6 Å². The van der Waals surface area contributed by atoms with Crippen LogP contribution < -0.4 is 0 Å². The highest BCUT2D eigenvalue weighted by Crippen LogP contribution is 2.24. The fraction of sp³-hybridized carbons (Fsp3) is 0.125. The van der Waals surface area contributed by atoms with Crippen LogP contribution in [0, 0.1) is 6.92 Å². The van der Waals surface area contributed by atoms with Gasteiger partial charge in [-0.1, -0.05) is 30.3 Å². The van der Waals surface area contributed by atoms with Gasteiger partial charge >= 0.3 is 5.97 Å². The number of thiazole rings is 1. The summed E-state index contributed by atoms with van der Waals surface area (Å²) in [6, 6.07) is 11.7. The molecule has 0 fully saturated rings. The van der Waals surface area contributed by atoms with Crippen LogP contribution in [0.1, 0.15) is 21.7 Å². The number of carbonyl (C=O) groups is 1. The second-order valence-corrected chi connectivity index (χ2v) is 5.62. The van der Waals surface area contributed by atoms with Crippen molar-refractivity contribution in [2.45, 2.75) is 13.5 Å². The molecule has 0 radical (unpaired) electrons. The highest BCUT2D eigenvalue weighted by atomic mass is 32.1. The van der Waals surface area contributed by atoms with Gasteiger partial charge in [0.05, 0.1) is 17.8 Å². The third kappa shape index (κ3) is 2.73. The van der Waals surface area contributed by atoms with Gasteiger partial charge in [0, 0.05) is 22.8 Å². The van der Waals surface area contributed by atoms with Crippen molar-refractivity contribution < 1.29 is 9.90 Å². The third-order valence-corrected chi connectivity index (χ3v) is 4.32. The van der Waals surface area contributed by atoms with E-state index in [0.29, 0.717) is 12.1 Å². The fourth-order valence-corrected chi connectivity index (χ4v) is 3.03. The molecule has 0 saturated carbocycles. The van der Waals surface area contributed by atoms with Crippen molar-refractivity contribution in [1.82, 2.24) is 9.55 Å². The second-order valence-electron chi connectivity index (χ2n) is 4.76. The summed E-state index contributed by atoms with van der Waals surface area (Å²) in [5, 5.41) is 12.1. The Balaban J connectivity index is 1.84. The van der Waals surface area contributed by atoms with Crippen LogP contribution in [0.3, 0.4) is 0 Å². The Hall–Kier alpha value is -2.40. The number of benzene rings is 1. The number of aromatic carboxylic acids is 1. The topological polar surface area (TPSA) is 55.1 Å². The highest BCUT2D eigenvalue weighted by molar-refractivity contribution is 7.13. The molecular formula is C16H14N2O2S. The van der Waals surface area contributed by atoms with Gasteiger partial charge in [0.2, 0.25) is 0 Å². The van der Waals surface area contributed by atoms with Gasteiger partial charge in [0.25, 0.3) is 0 Å². The summed E-state index contributed by atoms with van der Waals surface area (Å²) in [6.45, 7) is 2.40. The van der Waals surface area contributed by atoms with Crippen LogP contribution in [0.5, 0.6) is 0 Å². The molecule has 0 spiro atoms. The Bertz CT molecular complexity index is 775. The molecule has 0 aliphatic rings. The first-order chi connectivity index (χ1) is 10.1. The quantitative estimate of drug-likeness (QED) is 0.799. The fourth-order valence-electron chi connectivity index (χ4n) is 2.22. The number of carboxylic acids is 1. The SMILES string of the molecule is Cc1c(C(=O)O)ccn1Cc1csc(-c2ccccc2)n1. The van der Waals surface area contributed by atoms with Crippen LogP contribution in [0.2, 0.25) is 0 Å². The lowest BCUT2D eigenvalue weighted by molar-refractivity contribution is 0.0696. The van der Waals surface area contributed by atoms with E-state index in [9.17, 15) is 4.79 Å². The number of carboxylic acid groups (broad SMARTS) is 1. The molecule has 5 heteroatoms. The van der Waals surface area contributed by atoms with E-state index in [1.165, 1.54) is 0 Å². The molecule has 0 bridgehead atoms. The lowest BCUT2D eigenvalue weighted by Gasteiger charge is -2.04. The zero-order chi connectivity index (χ0) is 14.8. The lowest BCUT2D eigenvalue weighted by Crippen LogP contribution is -2.04. The molecule has 21 heavy (non-hydrogen) atoms. The predicted molar refractivity (Wildman–Crippen MR) is 82.8 cm³/mol. The second kappa shape index (κ2) is 5.54. The minimum absolute atomic E-state index is 0.341. The van der Waals surface area contributed by atoms with E-state index in [2.05, 4.69) is 4.98 Å². The van der Waals surface area contributed by atoms with Crippen molar-refractivity contribution in [2.24, 2.45) is 0 Å². The smallest absolute Gasteiger partial charge is 0.337 e. The molecule has 0 amide bonds. The first-order valence-corrected chi connectivity index (χ1v) is 7.42. The van der Waals surface area contributed by atoms with Gasteiger partial charge in [-0.25, -0.2) is 9.78 Å². The summed E-state index contributed by atoms with van der Waals surface area (Å²) in [4.78, 5) is 15.7. The summed E-state index contributed by atoms with van der Waals surface area (Å²) in [5.41, 5.74) is 3.13. The van der Waals surface area contributed by atoms with E-state index in [-0.39, 0.29) is 0 Å². The molecule has 0 atom stereocenters. The third-order valence-electron chi connectivity index (χ3n) is 3.38.